The van der Waals surface area contributed by atoms with Crippen LogP contribution in [0.3, 0.4) is 0 Å². The third-order valence-electron chi connectivity index (χ3n) is 6.96. The van der Waals surface area contributed by atoms with Crippen LogP contribution in [0.2, 0.25) is 0 Å². The van der Waals surface area contributed by atoms with E-state index in [2.05, 4.69) is 33.8 Å². The number of likely N-dealkylation sites (N-methyl/N-ethyl adjacent to an activating group) is 1. The number of H-pyrrole nitrogens is 1. The molecule has 1 aromatic heterocycles. The lowest BCUT2D eigenvalue weighted by atomic mass is 9.83. The summed E-state index contributed by atoms with van der Waals surface area (Å²) in [6.07, 6.45) is 7.46. The van der Waals surface area contributed by atoms with Crippen LogP contribution in [0.25, 0.3) is 10.9 Å². The van der Waals surface area contributed by atoms with Crippen molar-refractivity contribution in [3.8, 4) is 0 Å². The molecule has 2 aromatic rings. The number of hydrogen-bond donors (Lipinski definition) is 3. The van der Waals surface area contributed by atoms with Crippen LogP contribution in [0.4, 0.5) is 0 Å². The van der Waals surface area contributed by atoms with E-state index in [1.807, 2.05) is 24.0 Å². The van der Waals surface area contributed by atoms with Crippen LogP contribution >= 0.6 is 0 Å². The van der Waals surface area contributed by atoms with Crippen molar-refractivity contribution in [3.05, 3.63) is 36.0 Å². The highest BCUT2D eigenvalue weighted by atomic mass is 16.2. The number of carbonyl (C=O) groups is 2. The van der Waals surface area contributed by atoms with Crippen molar-refractivity contribution in [2.45, 2.75) is 70.0 Å². The molecule has 30 heavy (non-hydrogen) atoms. The Morgan fingerprint density at radius 3 is 2.60 bits per heavy atom. The molecule has 1 aromatic carbocycles. The topological polar surface area (TPSA) is 77.2 Å². The predicted octanol–water partition coefficient (Wildman–Crippen LogP) is 3.50. The molecular weight excluding hydrogens is 376 g/mol. The molecule has 3 atom stereocenters. The van der Waals surface area contributed by atoms with E-state index in [1.165, 1.54) is 11.8 Å². The Morgan fingerprint density at radius 1 is 1.10 bits per heavy atom. The first-order valence-corrected chi connectivity index (χ1v) is 11.4. The number of hydrogen-bond acceptors (Lipinski definition) is 3. The molecule has 2 amide bonds. The van der Waals surface area contributed by atoms with Crippen molar-refractivity contribution < 1.29 is 9.59 Å². The van der Waals surface area contributed by atoms with Crippen LogP contribution in [-0.4, -0.2) is 47.4 Å². The van der Waals surface area contributed by atoms with Crippen LogP contribution in [0.15, 0.2) is 30.3 Å². The summed E-state index contributed by atoms with van der Waals surface area (Å²) in [5.74, 6) is 0.214. The van der Waals surface area contributed by atoms with Gasteiger partial charge in [-0.15, -0.1) is 0 Å². The molecule has 4 rings (SSSR count). The SMILES string of the molecule is CNC(C)C(=O)N[C@H](C(=O)N1CCCC1c1cc2ccccc2[nH]1)C1CCCCC1. The van der Waals surface area contributed by atoms with Crippen molar-refractivity contribution in [2.75, 3.05) is 13.6 Å². The van der Waals surface area contributed by atoms with E-state index in [-0.39, 0.29) is 29.8 Å². The second-order valence-electron chi connectivity index (χ2n) is 8.90. The summed E-state index contributed by atoms with van der Waals surface area (Å²) in [5.41, 5.74) is 2.20. The molecule has 2 fully saturated rings. The number of fused-ring (bicyclic) bond motifs is 1. The number of nitrogens with zero attached hydrogens (tertiary/aromatic N) is 1. The normalized spacial score (nSPS) is 22.2. The highest BCUT2D eigenvalue weighted by Crippen LogP contribution is 2.35. The van der Waals surface area contributed by atoms with Crippen LogP contribution in [0.1, 0.15) is 63.6 Å². The summed E-state index contributed by atoms with van der Waals surface area (Å²) in [6.45, 7) is 2.58. The van der Waals surface area contributed by atoms with Crippen LogP contribution in [0, 0.1) is 5.92 Å². The monoisotopic (exact) mass is 410 g/mol. The lowest BCUT2D eigenvalue weighted by Crippen LogP contribution is -2.55. The molecule has 0 bridgehead atoms. The number of aromatic nitrogens is 1. The van der Waals surface area contributed by atoms with Gasteiger partial charge in [0.25, 0.3) is 0 Å². The fraction of sp³-hybridized carbons (Fsp3) is 0.583. The number of amides is 2. The standard InChI is InChI=1S/C24H34N4O2/c1-16(25-2)23(29)27-22(17-9-4-3-5-10-17)24(30)28-14-8-13-21(28)20-15-18-11-6-7-12-19(18)26-20/h6-7,11-12,15-17,21-22,25-26H,3-5,8-10,13-14H2,1-2H3,(H,27,29)/t16?,21?,22-/m0/s1. The predicted molar refractivity (Wildman–Crippen MR) is 119 cm³/mol. The molecule has 1 saturated carbocycles. The first kappa shape index (κ1) is 20.9. The molecule has 2 aliphatic rings. The molecule has 2 heterocycles. The fourth-order valence-electron chi connectivity index (χ4n) is 5.07. The van der Waals surface area contributed by atoms with Gasteiger partial charge in [-0.2, -0.15) is 0 Å². The first-order valence-electron chi connectivity index (χ1n) is 11.4. The largest absolute Gasteiger partial charge is 0.357 e. The molecule has 0 radical (unpaired) electrons. The number of aromatic amines is 1. The molecule has 1 aliphatic carbocycles. The Bertz CT molecular complexity index is 853. The van der Waals surface area contributed by atoms with Crippen molar-refractivity contribution in [1.29, 1.82) is 0 Å². The van der Waals surface area contributed by atoms with Crippen molar-refractivity contribution in [3.63, 3.8) is 0 Å². The van der Waals surface area contributed by atoms with Crippen LogP contribution in [0.5, 0.6) is 0 Å². The molecule has 0 spiro atoms. The Labute approximate surface area is 178 Å². The van der Waals surface area contributed by atoms with Crippen LogP contribution < -0.4 is 10.6 Å². The Kier molecular flexibility index (Phi) is 6.42. The summed E-state index contributed by atoms with van der Waals surface area (Å²) in [7, 11) is 1.77. The fourth-order valence-corrected chi connectivity index (χ4v) is 5.07. The maximum absolute atomic E-state index is 13.8. The lowest BCUT2D eigenvalue weighted by molar-refractivity contribution is -0.139. The number of carbonyl (C=O) groups excluding carboxylic acids is 2. The number of para-hydroxylation sites is 1. The van der Waals surface area contributed by atoms with Gasteiger partial charge in [0.2, 0.25) is 11.8 Å². The van der Waals surface area contributed by atoms with E-state index >= 15 is 0 Å². The molecule has 2 unspecified atom stereocenters. The maximum Gasteiger partial charge on any atom is 0.246 e. The molecule has 6 nitrogen and oxygen atoms in total. The van der Waals surface area contributed by atoms with Gasteiger partial charge < -0.3 is 20.5 Å². The van der Waals surface area contributed by atoms with Gasteiger partial charge >= 0.3 is 0 Å². The summed E-state index contributed by atoms with van der Waals surface area (Å²) < 4.78 is 0. The first-order chi connectivity index (χ1) is 14.6. The van der Waals surface area contributed by atoms with Crippen molar-refractivity contribution >= 4 is 22.7 Å². The average molecular weight is 411 g/mol. The minimum Gasteiger partial charge on any atom is -0.357 e. The molecule has 3 N–H and O–H groups in total. The van der Waals surface area contributed by atoms with Crippen LogP contribution in [-0.2, 0) is 9.59 Å². The number of benzene rings is 1. The third kappa shape index (κ3) is 4.24. The zero-order chi connectivity index (χ0) is 21.1. The maximum atomic E-state index is 13.8. The van der Waals surface area contributed by atoms with Gasteiger partial charge in [0.15, 0.2) is 0 Å². The van der Waals surface area contributed by atoms with Gasteiger partial charge in [-0.1, -0.05) is 37.5 Å². The van der Waals surface area contributed by atoms with Gasteiger partial charge in [-0.05, 0) is 63.1 Å². The summed E-state index contributed by atoms with van der Waals surface area (Å²) in [6, 6.07) is 9.71. The summed E-state index contributed by atoms with van der Waals surface area (Å²) >= 11 is 0. The lowest BCUT2D eigenvalue weighted by Gasteiger charge is -2.35. The molecular formula is C24H34N4O2. The summed E-state index contributed by atoms with van der Waals surface area (Å²) in [5, 5.41) is 7.27. The van der Waals surface area contributed by atoms with Gasteiger partial charge in [0, 0.05) is 17.8 Å². The van der Waals surface area contributed by atoms with E-state index in [0.29, 0.717) is 0 Å². The van der Waals surface area contributed by atoms with Gasteiger partial charge in [-0.3, -0.25) is 9.59 Å². The smallest absolute Gasteiger partial charge is 0.246 e. The van der Waals surface area contributed by atoms with Gasteiger partial charge in [0.05, 0.1) is 12.1 Å². The third-order valence-corrected chi connectivity index (χ3v) is 6.96. The highest BCUT2D eigenvalue weighted by molar-refractivity contribution is 5.90. The number of nitrogens with one attached hydrogen (secondary N) is 3. The molecule has 6 heteroatoms. The summed E-state index contributed by atoms with van der Waals surface area (Å²) in [4.78, 5) is 32.0. The average Bonchev–Trinajstić information content (AvgIpc) is 3.43. The zero-order valence-corrected chi connectivity index (χ0v) is 18.1. The Balaban J connectivity index is 1.57. The van der Waals surface area contributed by atoms with Gasteiger partial charge in [-0.25, -0.2) is 0 Å². The number of rotatable bonds is 6. The zero-order valence-electron chi connectivity index (χ0n) is 18.1. The molecule has 162 valence electrons. The van der Waals surface area contributed by atoms with Gasteiger partial charge in [0.1, 0.15) is 6.04 Å². The number of likely N-dealkylation sites (tertiary alicyclic amines) is 1. The second kappa shape index (κ2) is 9.21. The van der Waals surface area contributed by atoms with E-state index < -0.39 is 6.04 Å². The highest BCUT2D eigenvalue weighted by Gasteiger charge is 2.39. The quantitative estimate of drug-likeness (QED) is 0.682. The van der Waals surface area contributed by atoms with E-state index in [9.17, 15) is 9.59 Å². The van der Waals surface area contributed by atoms with E-state index in [0.717, 1.165) is 56.3 Å². The van der Waals surface area contributed by atoms with Crippen molar-refractivity contribution in [2.24, 2.45) is 5.92 Å². The Hall–Kier alpha value is -2.34. The Morgan fingerprint density at radius 2 is 1.87 bits per heavy atom. The second-order valence-corrected chi connectivity index (χ2v) is 8.90. The molecule has 1 saturated heterocycles. The van der Waals surface area contributed by atoms with E-state index in [1.54, 1.807) is 7.05 Å². The molecule has 1 aliphatic heterocycles. The van der Waals surface area contributed by atoms with E-state index in [4.69, 9.17) is 0 Å². The minimum absolute atomic E-state index is 0.0506. The minimum atomic E-state index is -0.432. The van der Waals surface area contributed by atoms with Crippen molar-refractivity contribution in [1.82, 2.24) is 20.5 Å².